The van der Waals surface area contributed by atoms with Gasteiger partial charge in [-0.2, -0.15) is 5.06 Å². The van der Waals surface area contributed by atoms with Crippen molar-refractivity contribution >= 4 is 17.6 Å². The summed E-state index contributed by atoms with van der Waals surface area (Å²) in [6, 6.07) is 17.3. The number of nitrogens with zero attached hydrogens (tertiary/aromatic N) is 1. The second-order valence-corrected chi connectivity index (χ2v) is 7.29. The first-order valence-electron chi connectivity index (χ1n) is 8.95. The molecule has 2 heterocycles. The third-order valence-electron chi connectivity index (χ3n) is 5.73. The molecule has 2 aromatic rings. The summed E-state index contributed by atoms with van der Waals surface area (Å²) in [6.45, 7) is 4.07. The van der Waals surface area contributed by atoms with Gasteiger partial charge in [0.25, 0.3) is 5.76 Å². The van der Waals surface area contributed by atoms with E-state index in [0.29, 0.717) is 0 Å². The van der Waals surface area contributed by atoms with Gasteiger partial charge in [-0.3, -0.25) is 0 Å². The normalized spacial score (nSPS) is 21.6. The van der Waals surface area contributed by atoms with Crippen LogP contribution < -0.4 is 5.06 Å². The van der Waals surface area contributed by atoms with Gasteiger partial charge in [-0.15, -0.1) is 0 Å². The van der Waals surface area contributed by atoms with Gasteiger partial charge >= 0.3 is 11.9 Å². The van der Waals surface area contributed by atoms with E-state index in [9.17, 15) is 9.59 Å². The summed E-state index contributed by atoms with van der Waals surface area (Å²) in [4.78, 5) is 31.6. The summed E-state index contributed by atoms with van der Waals surface area (Å²) in [7, 11) is 2.55. The van der Waals surface area contributed by atoms with E-state index in [-0.39, 0.29) is 11.3 Å². The lowest BCUT2D eigenvalue weighted by Crippen LogP contribution is -2.52. The number of benzene rings is 2. The Balaban J connectivity index is 2.13. The predicted molar refractivity (Wildman–Crippen MR) is 102 cm³/mol. The number of hydroxylamine groups is 1. The molecule has 144 valence electrons. The number of hydrogen-bond acceptors (Lipinski definition) is 6. The quantitative estimate of drug-likeness (QED) is 0.763. The number of anilines is 1. The van der Waals surface area contributed by atoms with Gasteiger partial charge in [-0.05, 0) is 17.2 Å². The molecule has 0 saturated heterocycles. The summed E-state index contributed by atoms with van der Waals surface area (Å²) in [6.07, 6.45) is 0. The zero-order chi connectivity index (χ0) is 20.1. The van der Waals surface area contributed by atoms with E-state index < -0.39 is 22.9 Å². The monoisotopic (exact) mass is 379 g/mol. The maximum atomic E-state index is 13.0. The van der Waals surface area contributed by atoms with Gasteiger partial charge in [0.15, 0.2) is 0 Å². The van der Waals surface area contributed by atoms with Gasteiger partial charge in [-0.1, -0.05) is 62.4 Å². The first kappa shape index (κ1) is 18.1. The zero-order valence-corrected chi connectivity index (χ0v) is 16.2. The Bertz CT molecular complexity index is 995. The lowest BCUT2D eigenvalue weighted by molar-refractivity contribution is -0.141. The van der Waals surface area contributed by atoms with Crippen molar-refractivity contribution in [2.45, 2.75) is 24.8 Å². The van der Waals surface area contributed by atoms with E-state index in [4.69, 9.17) is 14.3 Å². The van der Waals surface area contributed by atoms with Crippen LogP contribution in [-0.2, 0) is 34.9 Å². The number of ether oxygens (including phenoxy) is 2. The highest BCUT2D eigenvalue weighted by Gasteiger charge is 2.68. The lowest BCUT2D eigenvalue weighted by atomic mass is 9.63. The molecule has 0 amide bonds. The van der Waals surface area contributed by atoms with Gasteiger partial charge in [-0.25, -0.2) is 9.59 Å². The molecule has 0 radical (unpaired) electrons. The summed E-state index contributed by atoms with van der Waals surface area (Å²) >= 11 is 0. The summed E-state index contributed by atoms with van der Waals surface area (Å²) < 4.78 is 10.00. The molecule has 1 atom stereocenters. The minimum atomic E-state index is -1.09. The fraction of sp³-hybridized carbons (Fsp3) is 0.273. The number of esters is 2. The van der Waals surface area contributed by atoms with Crippen LogP contribution in [0.25, 0.3) is 0 Å². The van der Waals surface area contributed by atoms with E-state index in [1.165, 1.54) is 14.2 Å². The molecule has 0 fully saturated rings. The lowest BCUT2D eigenvalue weighted by Gasteiger charge is -2.42. The van der Waals surface area contributed by atoms with E-state index in [0.717, 1.165) is 16.8 Å². The molecule has 0 N–H and O–H groups in total. The predicted octanol–water partition coefficient (Wildman–Crippen LogP) is 3.23. The molecule has 0 saturated carbocycles. The van der Waals surface area contributed by atoms with Crippen LogP contribution in [0.4, 0.5) is 5.69 Å². The molecule has 1 unspecified atom stereocenters. The zero-order valence-electron chi connectivity index (χ0n) is 16.2. The molecule has 6 nitrogen and oxygen atoms in total. The van der Waals surface area contributed by atoms with Crippen LogP contribution in [0.5, 0.6) is 0 Å². The number of fused-ring (bicyclic) bond motifs is 3. The molecule has 0 spiro atoms. The summed E-state index contributed by atoms with van der Waals surface area (Å²) in [5.41, 5.74) is 1.03. The molecule has 28 heavy (non-hydrogen) atoms. The topological polar surface area (TPSA) is 65.1 Å². The highest BCUT2D eigenvalue weighted by atomic mass is 16.7. The smallest absolute Gasteiger partial charge is 0.377 e. The van der Waals surface area contributed by atoms with Crippen LogP contribution in [0.2, 0.25) is 0 Å². The first-order valence-corrected chi connectivity index (χ1v) is 8.95. The fourth-order valence-corrected chi connectivity index (χ4v) is 4.52. The number of hydrogen-bond donors (Lipinski definition) is 0. The minimum absolute atomic E-state index is 0.134. The minimum Gasteiger partial charge on any atom is -0.465 e. The second kappa shape index (κ2) is 6.12. The Hall–Kier alpha value is -3.28. The number of carbonyl (C=O) groups is 2. The Labute approximate surface area is 163 Å². The van der Waals surface area contributed by atoms with E-state index in [1.807, 2.05) is 68.4 Å². The molecule has 0 aliphatic carbocycles. The molecule has 6 heteroatoms. The maximum Gasteiger partial charge on any atom is 0.377 e. The van der Waals surface area contributed by atoms with E-state index in [2.05, 4.69) is 0 Å². The standard InChI is InChI=1S/C22H21NO5/c1-21(2)15-12-8-9-13-16(15)23-22(21,14-10-6-5-7-11-14)17(19(24)26-3)18(28-23)20(25)27-4/h5-13H,1-4H3. The first-order chi connectivity index (χ1) is 13.4. The Kier molecular flexibility index (Phi) is 3.96. The number of para-hydroxylation sites is 1. The molecule has 0 bridgehead atoms. The number of rotatable bonds is 3. The third kappa shape index (κ3) is 2.03. The van der Waals surface area contributed by atoms with E-state index >= 15 is 0 Å². The molecule has 2 aliphatic rings. The van der Waals surface area contributed by atoms with Crippen LogP contribution in [0.15, 0.2) is 65.9 Å². The SMILES string of the molecule is COC(=O)C1=C(C(=O)OC)C2(c3ccccc3)N(O1)c1ccccc1C2(C)C. The Morgan fingerprint density at radius 2 is 1.50 bits per heavy atom. The summed E-state index contributed by atoms with van der Waals surface area (Å²) in [5.74, 6) is -1.51. The van der Waals surface area contributed by atoms with Crippen LogP contribution in [0.3, 0.4) is 0 Å². The van der Waals surface area contributed by atoms with Gasteiger partial charge in [0.2, 0.25) is 0 Å². The number of carbonyl (C=O) groups excluding carboxylic acids is 2. The largest absolute Gasteiger partial charge is 0.465 e. The van der Waals surface area contributed by atoms with E-state index in [1.54, 1.807) is 5.06 Å². The molecule has 4 rings (SSSR count). The molecular weight excluding hydrogens is 358 g/mol. The van der Waals surface area contributed by atoms with Gasteiger partial charge in [0.1, 0.15) is 11.1 Å². The highest BCUT2D eigenvalue weighted by molar-refractivity contribution is 6.04. The van der Waals surface area contributed by atoms with Crippen molar-refractivity contribution in [3.05, 3.63) is 77.1 Å². The van der Waals surface area contributed by atoms with Crippen LogP contribution in [0.1, 0.15) is 25.0 Å². The molecule has 2 aromatic carbocycles. The average Bonchev–Trinajstić information content (AvgIpc) is 3.18. The second-order valence-electron chi connectivity index (χ2n) is 7.29. The Morgan fingerprint density at radius 3 is 2.14 bits per heavy atom. The van der Waals surface area contributed by atoms with Gasteiger partial charge < -0.3 is 14.3 Å². The highest BCUT2D eigenvalue weighted by Crippen LogP contribution is 2.63. The van der Waals surface area contributed by atoms with Crippen molar-refractivity contribution in [2.75, 3.05) is 19.3 Å². The van der Waals surface area contributed by atoms with Crippen molar-refractivity contribution in [3.8, 4) is 0 Å². The van der Waals surface area contributed by atoms with Crippen LogP contribution in [-0.4, -0.2) is 26.2 Å². The van der Waals surface area contributed by atoms with Crippen molar-refractivity contribution < 1.29 is 23.9 Å². The van der Waals surface area contributed by atoms with Crippen molar-refractivity contribution in [3.63, 3.8) is 0 Å². The molecular formula is C22H21NO5. The van der Waals surface area contributed by atoms with Crippen LogP contribution >= 0.6 is 0 Å². The van der Waals surface area contributed by atoms with Crippen molar-refractivity contribution in [2.24, 2.45) is 0 Å². The fourth-order valence-electron chi connectivity index (χ4n) is 4.52. The van der Waals surface area contributed by atoms with Gasteiger partial charge in [0, 0.05) is 5.41 Å². The van der Waals surface area contributed by atoms with Gasteiger partial charge in [0.05, 0.1) is 19.9 Å². The number of methoxy groups -OCH3 is 2. The van der Waals surface area contributed by atoms with Crippen molar-refractivity contribution in [1.82, 2.24) is 0 Å². The summed E-state index contributed by atoms with van der Waals surface area (Å²) in [5, 5.41) is 1.65. The third-order valence-corrected chi connectivity index (χ3v) is 5.73. The maximum absolute atomic E-state index is 13.0. The van der Waals surface area contributed by atoms with Crippen LogP contribution in [0, 0.1) is 0 Å². The molecule has 0 aromatic heterocycles. The average molecular weight is 379 g/mol. The van der Waals surface area contributed by atoms with Crippen molar-refractivity contribution in [1.29, 1.82) is 0 Å². The Morgan fingerprint density at radius 1 is 0.893 bits per heavy atom. The molecule has 2 aliphatic heterocycles.